The zero-order valence-electron chi connectivity index (χ0n) is 27.4. The monoisotopic (exact) mass is 723 g/mol. The van der Waals surface area contributed by atoms with Crippen LogP contribution in [0.4, 0.5) is 24.0 Å². The van der Waals surface area contributed by atoms with Crippen molar-refractivity contribution in [1.82, 2.24) is 19.8 Å². The maximum Gasteiger partial charge on any atom is 0.319 e. The van der Waals surface area contributed by atoms with E-state index >= 15 is 4.39 Å². The third-order valence-corrected chi connectivity index (χ3v) is 13.0. The van der Waals surface area contributed by atoms with Gasteiger partial charge in [-0.15, -0.1) is 11.3 Å². The Bertz CT molecular complexity index is 2040. The van der Waals surface area contributed by atoms with E-state index in [4.69, 9.17) is 31.8 Å². The number of hydrogen-bond donors (Lipinski definition) is 1. The van der Waals surface area contributed by atoms with Gasteiger partial charge in [0.15, 0.2) is 5.82 Å². The molecule has 14 heteroatoms. The van der Waals surface area contributed by atoms with E-state index in [1.54, 1.807) is 6.07 Å². The molecule has 2 bridgehead atoms. The van der Waals surface area contributed by atoms with Gasteiger partial charge in [0.2, 0.25) is 0 Å². The standard InChI is InChI=1S/C36H37ClF3N7O2S/c37-26-12-24-31(30(40)29(26)23-4-5-27(39)32-28(23)25(14-41)33(42)50-32)43-35(49-18-36-8-1-9-46(36)15-19(38)13-36)44-34(24)45-16-21-2-3-22(17-45)47(21)20-6-10-48-11-7-20/h4-5,12,19-22H,1-3,6-11,13,15-18,42H2/t19-,21?,22?,36+/m1/s1. The summed E-state index contributed by atoms with van der Waals surface area (Å²) in [5.41, 5.74) is 6.00. The number of rotatable bonds is 6. The highest BCUT2D eigenvalue weighted by atomic mass is 35.5. The summed E-state index contributed by atoms with van der Waals surface area (Å²) in [4.78, 5) is 16.6. The maximum absolute atomic E-state index is 17.2. The molecular weight excluding hydrogens is 687 g/mol. The Kier molecular flexibility index (Phi) is 8.04. The number of nitrogens with two attached hydrogens (primary N) is 1. The second-order valence-electron chi connectivity index (χ2n) is 14.5. The van der Waals surface area contributed by atoms with E-state index in [-0.39, 0.29) is 54.9 Å². The van der Waals surface area contributed by atoms with Gasteiger partial charge in [-0.2, -0.15) is 15.2 Å². The van der Waals surface area contributed by atoms with E-state index in [1.807, 2.05) is 0 Å². The van der Waals surface area contributed by atoms with Gasteiger partial charge in [0.1, 0.15) is 41.0 Å². The van der Waals surface area contributed by atoms with E-state index in [1.165, 1.54) is 12.1 Å². The van der Waals surface area contributed by atoms with Crippen molar-refractivity contribution < 1.29 is 22.6 Å². The Balaban J connectivity index is 1.16. The highest BCUT2D eigenvalue weighted by molar-refractivity contribution is 7.23. The van der Waals surface area contributed by atoms with Gasteiger partial charge >= 0.3 is 6.01 Å². The molecule has 7 heterocycles. The fourth-order valence-electron chi connectivity index (χ4n) is 9.56. The number of piperazine rings is 1. The van der Waals surface area contributed by atoms with Crippen LogP contribution in [-0.2, 0) is 4.74 Å². The van der Waals surface area contributed by atoms with Gasteiger partial charge in [0.25, 0.3) is 0 Å². The zero-order valence-corrected chi connectivity index (χ0v) is 29.0. The summed E-state index contributed by atoms with van der Waals surface area (Å²) in [6, 6.07) is 7.52. The minimum absolute atomic E-state index is 0.00454. The number of fused-ring (bicyclic) bond motifs is 5. The predicted octanol–water partition coefficient (Wildman–Crippen LogP) is 6.68. The SMILES string of the molecule is N#Cc1c(N)sc2c(F)ccc(-c3c(Cl)cc4c(N5CC6CCC(C5)N6C5CCOCC5)nc(OC[C@@]56CCCN5C[C@H](F)C6)nc4c3F)c12. The average molecular weight is 724 g/mol. The van der Waals surface area contributed by atoms with Crippen LogP contribution in [0.2, 0.25) is 5.02 Å². The Morgan fingerprint density at radius 1 is 1.10 bits per heavy atom. The lowest BCUT2D eigenvalue weighted by molar-refractivity contribution is 0.00915. The Hall–Kier alpha value is -3.41. The number of anilines is 2. The van der Waals surface area contributed by atoms with Gasteiger partial charge in [0.05, 0.1) is 20.8 Å². The second kappa shape index (κ2) is 12.4. The molecule has 262 valence electrons. The quantitative estimate of drug-likeness (QED) is 0.233. The number of benzene rings is 2. The molecule has 9 nitrogen and oxygen atoms in total. The van der Waals surface area contributed by atoms with Crippen LogP contribution in [-0.4, -0.2) is 95.6 Å². The van der Waals surface area contributed by atoms with Crippen LogP contribution < -0.4 is 15.4 Å². The number of halogens is 4. The van der Waals surface area contributed by atoms with Crippen LogP contribution in [0.3, 0.4) is 0 Å². The first kappa shape index (κ1) is 32.5. The van der Waals surface area contributed by atoms with Crippen molar-refractivity contribution in [2.24, 2.45) is 0 Å². The molecule has 5 fully saturated rings. The van der Waals surface area contributed by atoms with Gasteiger partial charge in [-0.05, 0) is 62.8 Å². The van der Waals surface area contributed by atoms with Gasteiger partial charge in [-0.1, -0.05) is 17.7 Å². The molecule has 2 unspecified atom stereocenters. The van der Waals surface area contributed by atoms with Crippen LogP contribution in [0.5, 0.6) is 6.01 Å². The molecule has 2 aromatic heterocycles. The van der Waals surface area contributed by atoms with Crippen molar-refractivity contribution in [3.05, 3.63) is 40.4 Å². The lowest BCUT2D eigenvalue weighted by atomic mass is 9.95. The number of nitrogen functional groups attached to an aromatic ring is 1. The summed E-state index contributed by atoms with van der Waals surface area (Å²) in [6.45, 7) is 4.36. The van der Waals surface area contributed by atoms with Crippen molar-refractivity contribution in [2.45, 2.75) is 74.8 Å². The fraction of sp³-hybridized carbons (Fsp3) is 0.528. The second-order valence-corrected chi connectivity index (χ2v) is 15.9. The van der Waals surface area contributed by atoms with Gasteiger partial charge in [-0.3, -0.25) is 9.80 Å². The van der Waals surface area contributed by atoms with Crippen molar-refractivity contribution >= 4 is 54.7 Å². The van der Waals surface area contributed by atoms with E-state index in [2.05, 4.69) is 25.8 Å². The first-order valence-corrected chi connectivity index (χ1v) is 18.7. The average Bonchev–Trinajstić information content (AvgIpc) is 3.82. The Labute approximate surface area is 296 Å². The molecule has 2 N–H and O–H groups in total. The molecule has 2 aromatic carbocycles. The number of aromatic nitrogens is 2. The molecule has 0 spiro atoms. The van der Waals surface area contributed by atoms with E-state index in [0.717, 1.165) is 69.6 Å². The minimum Gasteiger partial charge on any atom is -0.461 e. The minimum atomic E-state index is -0.923. The van der Waals surface area contributed by atoms with E-state index < -0.39 is 23.3 Å². The van der Waals surface area contributed by atoms with Crippen LogP contribution in [0.1, 0.15) is 50.5 Å². The molecule has 0 radical (unpaired) electrons. The number of alkyl halides is 1. The van der Waals surface area contributed by atoms with Crippen LogP contribution in [0.15, 0.2) is 18.2 Å². The van der Waals surface area contributed by atoms with Gasteiger partial charge in [-0.25, -0.2) is 13.2 Å². The van der Waals surface area contributed by atoms with Crippen LogP contribution in [0, 0.1) is 23.0 Å². The highest BCUT2D eigenvalue weighted by Gasteiger charge is 2.50. The maximum atomic E-state index is 17.2. The number of nitrogens with zero attached hydrogens (tertiary/aromatic N) is 6. The number of thiophene rings is 1. The summed E-state index contributed by atoms with van der Waals surface area (Å²) < 4.78 is 58.9. The number of nitriles is 1. The molecule has 4 atom stereocenters. The summed E-state index contributed by atoms with van der Waals surface area (Å²) in [6.07, 6.45) is 5.40. The normalized spacial score (nSPS) is 27.4. The largest absolute Gasteiger partial charge is 0.461 e. The number of hydrogen-bond acceptors (Lipinski definition) is 10. The lowest BCUT2D eigenvalue weighted by Crippen LogP contribution is -2.58. The lowest BCUT2D eigenvalue weighted by Gasteiger charge is -2.46. The fourth-order valence-corrected chi connectivity index (χ4v) is 10.8. The van der Waals surface area contributed by atoms with Crippen molar-refractivity contribution in [3.8, 4) is 23.2 Å². The summed E-state index contributed by atoms with van der Waals surface area (Å²) in [7, 11) is 0. The topological polar surface area (TPSA) is 104 Å². The molecule has 4 aromatic rings. The third kappa shape index (κ3) is 5.12. The molecule has 0 amide bonds. The van der Waals surface area contributed by atoms with Crippen LogP contribution in [0.25, 0.3) is 32.1 Å². The summed E-state index contributed by atoms with van der Waals surface area (Å²) >= 11 is 7.88. The molecular formula is C36H37ClF3N7O2S. The first-order chi connectivity index (χ1) is 24.2. The van der Waals surface area contributed by atoms with Crippen molar-refractivity contribution in [3.63, 3.8) is 0 Å². The molecule has 5 aliphatic heterocycles. The van der Waals surface area contributed by atoms with E-state index in [9.17, 15) is 14.0 Å². The zero-order chi connectivity index (χ0) is 34.3. The third-order valence-electron chi connectivity index (χ3n) is 11.7. The van der Waals surface area contributed by atoms with Gasteiger partial charge < -0.3 is 20.1 Å². The molecule has 5 aliphatic rings. The van der Waals surface area contributed by atoms with Gasteiger partial charge in [0, 0.05) is 73.7 Å². The van der Waals surface area contributed by atoms with Crippen molar-refractivity contribution in [2.75, 3.05) is 56.6 Å². The Morgan fingerprint density at radius 2 is 1.88 bits per heavy atom. The smallest absolute Gasteiger partial charge is 0.319 e. The molecule has 0 saturated carbocycles. The van der Waals surface area contributed by atoms with Crippen molar-refractivity contribution in [1.29, 1.82) is 5.26 Å². The summed E-state index contributed by atoms with van der Waals surface area (Å²) in [5.74, 6) is -0.744. The number of ether oxygens (including phenoxy) is 2. The molecule has 9 rings (SSSR count). The van der Waals surface area contributed by atoms with E-state index in [0.29, 0.717) is 55.4 Å². The first-order valence-electron chi connectivity index (χ1n) is 17.5. The summed E-state index contributed by atoms with van der Waals surface area (Å²) in [5, 5.41) is 10.8. The molecule has 50 heavy (non-hydrogen) atoms. The predicted molar refractivity (Wildman–Crippen MR) is 188 cm³/mol. The van der Waals surface area contributed by atoms with Crippen LogP contribution >= 0.6 is 22.9 Å². The molecule has 5 saturated heterocycles. The Morgan fingerprint density at radius 3 is 2.64 bits per heavy atom. The molecule has 0 aliphatic carbocycles. The highest BCUT2D eigenvalue weighted by Crippen LogP contribution is 2.47.